The molecule has 1 unspecified atom stereocenters. The van der Waals surface area contributed by atoms with Crippen molar-refractivity contribution in [2.45, 2.75) is 19.9 Å². The zero-order valence-electron chi connectivity index (χ0n) is 12.7. The molecule has 1 aromatic heterocycles. The Labute approximate surface area is 136 Å². The number of halogens is 2. The second kappa shape index (κ2) is 6.08. The van der Waals surface area contributed by atoms with Gasteiger partial charge >= 0.3 is 0 Å². The van der Waals surface area contributed by atoms with E-state index in [4.69, 9.17) is 0 Å². The lowest BCUT2D eigenvalue weighted by molar-refractivity contribution is 0.0943. The average Bonchev–Trinajstić information content (AvgIpc) is 2.87. The Balaban J connectivity index is 1.85. The molecule has 0 aliphatic rings. The van der Waals surface area contributed by atoms with Crippen LogP contribution in [-0.4, -0.2) is 5.91 Å². The average molecular weight is 331 g/mol. The summed E-state index contributed by atoms with van der Waals surface area (Å²) >= 11 is 1.43. The van der Waals surface area contributed by atoms with Gasteiger partial charge in [0.2, 0.25) is 0 Å². The van der Waals surface area contributed by atoms with Crippen LogP contribution in [0.2, 0.25) is 0 Å². The number of carbonyl (C=O) groups is 1. The number of nitrogens with one attached hydrogen (secondary N) is 1. The van der Waals surface area contributed by atoms with E-state index >= 15 is 0 Å². The molecule has 1 heterocycles. The fourth-order valence-corrected chi connectivity index (χ4v) is 3.63. The molecule has 5 heteroatoms. The van der Waals surface area contributed by atoms with E-state index < -0.39 is 17.7 Å². The number of thiophene rings is 1. The van der Waals surface area contributed by atoms with Crippen molar-refractivity contribution >= 4 is 27.3 Å². The lowest BCUT2D eigenvalue weighted by Gasteiger charge is -2.14. The van der Waals surface area contributed by atoms with Crippen LogP contribution < -0.4 is 5.32 Å². The van der Waals surface area contributed by atoms with Crippen LogP contribution in [0.3, 0.4) is 0 Å². The van der Waals surface area contributed by atoms with E-state index in [-0.39, 0.29) is 5.91 Å². The minimum atomic E-state index is -0.915. The lowest BCUT2D eigenvalue weighted by atomic mass is 10.1. The number of hydrogen-bond donors (Lipinski definition) is 1. The molecule has 0 aliphatic heterocycles. The van der Waals surface area contributed by atoms with E-state index in [9.17, 15) is 13.6 Å². The Morgan fingerprint density at radius 3 is 2.57 bits per heavy atom. The summed E-state index contributed by atoms with van der Waals surface area (Å²) in [5.41, 5.74) is 1.46. The van der Waals surface area contributed by atoms with Gasteiger partial charge in [0.25, 0.3) is 5.91 Å². The van der Waals surface area contributed by atoms with Crippen LogP contribution >= 0.6 is 11.3 Å². The highest BCUT2D eigenvalue weighted by molar-refractivity contribution is 7.21. The first-order valence-corrected chi connectivity index (χ1v) is 8.03. The Morgan fingerprint density at radius 2 is 1.87 bits per heavy atom. The van der Waals surface area contributed by atoms with Crippen molar-refractivity contribution in [3.63, 3.8) is 0 Å². The fraction of sp³-hybridized carbons (Fsp3) is 0.167. The fourth-order valence-electron chi connectivity index (χ4n) is 2.52. The van der Waals surface area contributed by atoms with Gasteiger partial charge in [0, 0.05) is 4.70 Å². The quantitative estimate of drug-likeness (QED) is 0.720. The molecule has 3 rings (SSSR count). The van der Waals surface area contributed by atoms with Crippen molar-refractivity contribution in [3.8, 4) is 0 Å². The van der Waals surface area contributed by atoms with Crippen molar-refractivity contribution in [1.82, 2.24) is 5.32 Å². The third-order valence-electron chi connectivity index (χ3n) is 3.84. The minimum absolute atomic E-state index is 0.207. The van der Waals surface area contributed by atoms with Gasteiger partial charge in [-0.1, -0.05) is 24.3 Å². The van der Waals surface area contributed by atoms with Crippen molar-refractivity contribution < 1.29 is 13.6 Å². The molecule has 2 aromatic carbocycles. The van der Waals surface area contributed by atoms with E-state index in [1.54, 1.807) is 6.92 Å². The topological polar surface area (TPSA) is 29.1 Å². The zero-order valence-corrected chi connectivity index (χ0v) is 13.5. The van der Waals surface area contributed by atoms with Gasteiger partial charge in [-0.05, 0) is 48.6 Å². The molecular formula is C18H15F2NOS. The number of hydrogen-bond acceptors (Lipinski definition) is 2. The van der Waals surface area contributed by atoms with Crippen molar-refractivity contribution in [2.75, 3.05) is 0 Å². The molecule has 0 radical (unpaired) electrons. The Hall–Kier alpha value is -2.27. The monoisotopic (exact) mass is 331 g/mol. The largest absolute Gasteiger partial charge is 0.345 e. The van der Waals surface area contributed by atoms with Gasteiger partial charge in [-0.25, -0.2) is 8.78 Å². The van der Waals surface area contributed by atoms with Crippen LogP contribution in [0.15, 0.2) is 42.5 Å². The molecule has 0 aliphatic carbocycles. The number of amides is 1. The van der Waals surface area contributed by atoms with E-state index in [1.807, 2.05) is 31.2 Å². The summed E-state index contributed by atoms with van der Waals surface area (Å²) in [6.45, 7) is 3.66. The molecule has 0 fully saturated rings. The SMILES string of the molecule is Cc1c(C(=O)NC(C)c2ccc(F)c(F)c2)sc2ccccc12. The normalized spacial score (nSPS) is 12.3. The third-order valence-corrected chi connectivity index (χ3v) is 5.11. The van der Waals surface area contributed by atoms with Crippen LogP contribution in [0.5, 0.6) is 0 Å². The molecule has 1 N–H and O–H groups in total. The van der Waals surface area contributed by atoms with Gasteiger partial charge < -0.3 is 5.32 Å². The summed E-state index contributed by atoms with van der Waals surface area (Å²) in [6, 6.07) is 11.1. The van der Waals surface area contributed by atoms with E-state index in [2.05, 4.69) is 5.32 Å². The molecule has 0 bridgehead atoms. The standard InChI is InChI=1S/C18H15F2NOS/c1-10-13-5-3-4-6-16(13)23-17(10)18(22)21-11(2)12-7-8-14(19)15(20)9-12/h3-9,11H,1-2H3,(H,21,22). The highest BCUT2D eigenvalue weighted by Crippen LogP contribution is 2.31. The summed E-state index contributed by atoms with van der Waals surface area (Å²) in [5.74, 6) is -2.02. The number of aryl methyl sites for hydroxylation is 1. The first-order valence-electron chi connectivity index (χ1n) is 7.21. The maximum absolute atomic E-state index is 13.3. The van der Waals surface area contributed by atoms with Gasteiger partial charge in [-0.3, -0.25) is 4.79 Å². The molecule has 0 spiro atoms. The molecule has 3 aromatic rings. The Kier molecular flexibility index (Phi) is 4.13. The summed E-state index contributed by atoms with van der Waals surface area (Å²) < 4.78 is 27.4. The summed E-state index contributed by atoms with van der Waals surface area (Å²) in [7, 11) is 0. The molecule has 118 valence electrons. The zero-order chi connectivity index (χ0) is 16.6. The third kappa shape index (κ3) is 2.97. The van der Waals surface area contributed by atoms with Crippen LogP contribution in [0.1, 0.15) is 33.8 Å². The molecule has 0 saturated carbocycles. The number of benzene rings is 2. The van der Waals surface area contributed by atoms with E-state index in [0.717, 1.165) is 27.8 Å². The molecular weight excluding hydrogens is 316 g/mol. The second-order valence-electron chi connectivity index (χ2n) is 5.42. The highest BCUT2D eigenvalue weighted by atomic mass is 32.1. The lowest BCUT2D eigenvalue weighted by Crippen LogP contribution is -2.26. The van der Waals surface area contributed by atoms with Crippen LogP contribution in [-0.2, 0) is 0 Å². The van der Waals surface area contributed by atoms with E-state index in [1.165, 1.54) is 17.4 Å². The van der Waals surface area contributed by atoms with Gasteiger partial charge in [0.05, 0.1) is 10.9 Å². The second-order valence-corrected chi connectivity index (χ2v) is 6.47. The number of rotatable bonds is 3. The van der Waals surface area contributed by atoms with Crippen LogP contribution in [0.4, 0.5) is 8.78 Å². The molecule has 0 saturated heterocycles. The van der Waals surface area contributed by atoms with Crippen LogP contribution in [0, 0.1) is 18.6 Å². The maximum Gasteiger partial charge on any atom is 0.262 e. The van der Waals surface area contributed by atoms with Crippen molar-refractivity contribution in [2.24, 2.45) is 0 Å². The highest BCUT2D eigenvalue weighted by Gasteiger charge is 2.18. The van der Waals surface area contributed by atoms with E-state index in [0.29, 0.717) is 10.4 Å². The molecule has 2 nitrogen and oxygen atoms in total. The predicted octanol–water partition coefficient (Wildman–Crippen LogP) is 4.98. The first kappa shape index (κ1) is 15.6. The summed E-state index contributed by atoms with van der Waals surface area (Å²) in [6.07, 6.45) is 0. The van der Waals surface area contributed by atoms with Crippen molar-refractivity contribution in [1.29, 1.82) is 0 Å². The molecule has 1 amide bonds. The van der Waals surface area contributed by atoms with Crippen molar-refractivity contribution in [3.05, 3.63) is 70.1 Å². The smallest absolute Gasteiger partial charge is 0.262 e. The summed E-state index contributed by atoms with van der Waals surface area (Å²) in [5, 5.41) is 3.90. The Bertz CT molecular complexity index is 888. The Morgan fingerprint density at radius 1 is 1.13 bits per heavy atom. The van der Waals surface area contributed by atoms with Gasteiger partial charge in [-0.15, -0.1) is 11.3 Å². The minimum Gasteiger partial charge on any atom is -0.345 e. The number of carbonyl (C=O) groups excluding carboxylic acids is 1. The predicted molar refractivity (Wildman–Crippen MR) is 88.8 cm³/mol. The van der Waals surface area contributed by atoms with Gasteiger partial charge in [-0.2, -0.15) is 0 Å². The van der Waals surface area contributed by atoms with Gasteiger partial charge in [0.15, 0.2) is 11.6 Å². The van der Waals surface area contributed by atoms with Crippen LogP contribution in [0.25, 0.3) is 10.1 Å². The summed E-state index contributed by atoms with van der Waals surface area (Å²) in [4.78, 5) is 13.1. The maximum atomic E-state index is 13.3. The molecule has 1 atom stereocenters. The molecule has 23 heavy (non-hydrogen) atoms. The van der Waals surface area contributed by atoms with Gasteiger partial charge in [0.1, 0.15) is 0 Å². The first-order chi connectivity index (χ1) is 11.0. The number of fused-ring (bicyclic) bond motifs is 1.